The van der Waals surface area contributed by atoms with Crippen LogP contribution >= 0.6 is 0 Å². The van der Waals surface area contributed by atoms with Gasteiger partial charge in [0.05, 0.1) is 41.6 Å². The third-order valence-electron chi connectivity index (χ3n) is 16.6. The normalized spacial score (nSPS) is 31.5. The number of ketones is 1. The number of carboxylic acid groups (broad SMARTS) is 1. The summed E-state index contributed by atoms with van der Waals surface area (Å²) in [4.78, 5) is 106. The standard InChI is InChI=1S/C57H68N2O16/c1-31-38(72-51(68)43(62)42(34-20-14-11-15-21-34)58-48(64)35-22-16-12-17-23-35)29-57(69)47(73-50(67)36-24-18-13-19-25-36)45-55(10,46(63)44(71-32(2)60)41(31)54(57,8)9)39(26-40-56(45,30-70-40)74-33(3)61)75-59-52(4,5)27-37(49(65)66)28-53(59,6)7/h11-25,37-40,42-45,47,62,69H,26-30H2,1-10H3,(H,58,64)(H,65,66)/t38-,39-,40?,42-,43+,44+,45?,47?,55+,56-,57+/m0/s1. The third kappa shape index (κ3) is 9.57. The van der Waals surface area contributed by atoms with Gasteiger partial charge in [0.15, 0.2) is 23.6 Å². The van der Waals surface area contributed by atoms with Crippen LogP contribution in [0.4, 0.5) is 0 Å². The number of carboxylic acids is 1. The third-order valence-corrected chi connectivity index (χ3v) is 16.6. The zero-order chi connectivity index (χ0) is 54.8. The van der Waals surface area contributed by atoms with Crippen molar-refractivity contribution in [3.05, 3.63) is 119 Å². The van der Waals surface area contributed by atoms with Gasteiger partial charge in [-0.1, -0.05) is 80.6 Å². The summed E-state index contributed by atoms with van der Waals surface area (Å²) >= 11 is 0. The average Bonchev–Trinajstić information content (AvgIpc) is 3.34. The molecule has 0 aromatic heterocycles. The van der Waals surface area contributed by atoms with Crippen LogP contribution < -0.4 is 5.32 Å². The van der Waals surface area contributed by atoms with E-state index in [4.69, 9.17) is 28.5 Å². The van der Waals surface area contributed by atoms with E-state index in [0.717, 1.165) is 6.92 Å². The van der Waals surface area contributed by atoms with Crippen molar-refractivity contribution in [1.82, 2.24) is 10.4 Å². The summed E-state index contributed by atoms with van der Waals surface area (Å²) in [5.74, 6) is -8.60. The Morgan fingerprint density at radius 2 is 1.32 bits per heavy atom. The molecule has 0 radical (unpaired) electrons. The Balaban J connectivity index is 1.32. The molecule has 3 unspecified atom stereocenters. The van der Waals surface area contributed by atoms with Crippen molar-refractivity contribution >= 4 is 41.5 Å². The fraction of sp³-hybridized carbons (Fsp3) is 0.526. The van der Waals surface area contributed by atoms with Crippen LogP contribution in [0.2, 0.25) is 0 Å². The van der Waals surface area contributed by atoms with E-state index in [2.05, 4.69) is 5.32 Å². The number of esters is 4. The average molecular weight is 1040 g/mol. The predicted molar refractivity (Wildman–Crippen MR) is 267 cm³/mol. The van der Waals surface area contributed by atoms with Gasteiger partial charge in [0, 0.05) is 48.7 Å². The lowest BCUT2D eigenvalue weighted by molar-refractivity contribution is -0.386. The Hall–Kier alpha value is -6.31. The number of carbonyl (C=O) groups is 7. The maximum Gasteiger partial charge on any atom is 0.338 e. The van der Waals surface area contributed by atoms with Gasteiger partial charge in [-0.15, -0.1) is 0 Å². The van der Waals surface area contributed by atoms with Crippen LogP contribution in [0, 0.1) is 22.7 Å². The zero-order valence-corrected chi connectivity index (χ0v) is 44.0. The molecule has 4 N–H and O–H groups in total. The van der Waals surface area contributed by atoms with Crippen molar-refractivity contribution in [2.45, 2.75) is 160 Å². The van der Waals surface area contributed by atoms with E-state index in [9.17, 15) is 44.1 Å². The number of aliphatic carboxylic acids is 1. The quantitative estimate of drug-likeness (QED) is 0.0867. The molecular weight excluding hydrogens is 969 g/mol. The van der Waals surface area contributed by atoms with E-state index in [1.165, 1.54) is 19.1 Å². The van der Waals surface area contributed by atoms with Crippen LogP contribution in [-0.2, 0) is 52.5 Å². The van der Waals surface area contributed by atoms with E-state index in [1.807, 2.05) is 27.7 Å². The number of hydrogen-bond donors (Lipinski definition) is 4. The van der Waals surface area contributed by atoms with Crippen LogP contribution in [0.3, 0.4) is 0 Å². The second-order valence-electron chi connectivity index (χ2n) is 22.8. The summed E-state index contributed by atoms with van der Waals surface area (Å²) in [6.07, 6.45) is -10.1. The van der Waals surface area contributed by atoms with E-state index in [-0.39, 0.29) is 48.1 Å². The van der Waals surface area contributed by atoms with Gasteiger partial charge in [0.1, 0.15) is 23.9 Å². The Labute approximate surface area is 436 Å². The Morgan fingerprint density at radius 1 is 0.760 bits per heavy atom. The number of hydrogen-bond acceptors (Lipinski definition) is 16. The number of rotatable bonds is 13. The number of benzene rings is 3. The summed E-state index contributed by atoms with van der Waals surface area (Å²) in [7, 11) is 0. The molecule has 4 fully saturated rings. The van der Waals surface area contributed by atoms with Crippen molar-refractivity contribution in [3.63, 3.8) is 0 Å². The fourth-order valence-corrected chi connectivity index (χ4v) is 13.2. The first-order valence-corrected chi connectivity index (χ1v) is 25.3. The Morgan fingerprint density at radius 3 is 1.84 bits per heavy atom. The molecule has 0 spiro atoms. The lowest BCUT2D eigenvalue weighted by atomic mass is 9.44. The van der Waals surface area contributed by atoms with Crippen LogP contribution in [0.15, 0.2) is 102 Å². The summed E-state index contributed by atoms with van der Waals surface area (Å²) in [6, 6.07) is 23.0. The molecule has 18 nitrogen and oxygen atoms in total. The van der Waals surface area contributed by atoms with Gasteiger partial charge >= 0.3 is 29.8 Å². The first-order chi connectivity index (χ1) is 35.1. The number of carbonyl (C=O) groups excluding carboxylic acids is 6. The molecule has 402 valence electrons. The highest BCUT2D eigenvalue weighted by atomic mass is 16.7. The monoisotopic (exact) mass is 1040 g/mol. The highest BCUT2D eigenvalue weighted by molar-refractivity contribution is 5.96. The zero-order valence-electron chi connectivity index (χ0n) is 44.0. The number of ether oxygens (including phenoxy) is 5. The van der Waals surface area contributed by atoms with Gasteiger partial charge < -0.3 is 44.3 Å². The number of nitrogens with zero attached hydrogens (tertiary/aromatic N) is 1. The minimum absolute atomic E-state index is 0.00336. The Kier molecular flexibility index (Phi) is 14.6. The number of piperidine rings is 1. The molecule has 18 heteroatoms. The Bertz CT molecular complexity index is 2740. The number of aliphatic hydroxyl groups is 2. The number of amides is 1. The predicted octanol–water partition coefficient (Wildman–Crippen LogP) is 6.03. The summed E-state index contributed by atoms with van der Waals surface area (Å²) in [5.41, 5.74) is -9.23. The minimum Gasteiger partial charge on any atom is -0.481 e. The fourth-order valence-electron chi connectivity index (χ4n) is 13.2. The molecule has 11 atom stereocenters. The lowest BCUT2D eigenvalue weighted by Crippen LogP contribution is -2.82. The minimum atomic E-state index is -2.46. The van der Waals surface area contributed by atoms with Gasteiger partial charge in [-0.3, -0.25) is 28.8 Å². The molecule has 3 aromatic rings. The van der Waals surface area contributed by atoms with Gasteiger partial charge in [0.25, 0.3) is 5.91 Å². The largest absolute Gasteiger partial charge is 0.481 e. The lowest BCUT2D eigenvalue weighted by Gasteiger charge is -2.68. The second kappa shape index (κ2) is 20.0. The maximum absolute atomic E-state index is 16.6. The highest BCUT2D eigenvalue weighted by Gasteiger charge is 2.79. The first kappa shape index (κ1) is 54.9. The first-order valence-electron chi connectivity index (χ1n) is 25.3. The van der Waals surface area contributed by atoms with Gasteiger partial charge in [0.2, 0.25) is 0 Å². The number of Topliss-reactive ketones (excluding diaryl/α,β-unsaturated/α-hetero) is 1. The smallest absolute Gasteiger partial charge is 0.338 e. The van der Waals surface area contributed by atoms with Crippen LogP contribution in [0.5, 0.6) is 0 Å². The molecule has 2 bridgehead atoms. The van der Waals surface area contributed by atoms with Gasteiger partial charge in [-0.2, -0.15) is 5.06 Å². The van der Waals surface area contributed by atoms with Crippen molar-refractivity contribution in [1.29, 1.82) is 0 Å². The molecule has 8 rings (SSSR count). The number of aliphatic hydroxyl groups excluding tert-OH is 1. The summed E-state index contributed by atoms with van der Waals surface area (Å²) in [5, 5.41) is 40.9. The maximum atomic E-state index is 16.6. The van der Waals surface area contributed by atoms with Gasteiger partial charge in [-0.05, 0) is 95.4 Å². The van der Waals surface area contributed by atoms with E-state index in [1.54, 1.807) is 112 Å². The SMILES string of the molecule is CC(=O)O[C@H]1C(=O)[C@@]2(C)C(C(OC(=O)c3ccccc3)[C@]3(O)C[C@H](OC(=O)[C@H](O)[C@@H](NC(=O)c4ccccc4)c4ccccc4)C(C)=C1C3(C)C)[C@]1(OC(C)=O)COC1C[C@@H]2ON1C(C)(C)CC(C(=O)O)CC1(C)C. The summed E-state index contributed by atoms with van der Waals surface area (Å²) in [6.45, 7) is 15.5. The highest BCUT2D eigenvalue weighted by Crippen LogP contribution is 2.65. The van der Waals surface area contributed by atoms with Crippen molar-refractivity contribution in [2.75, 3.05) is 6.61 Å². The van der Waals surface area contributed by atoms with Crippen molar-refractivity contribution < 1.29 is 77.4 Å². The molecule has 2 heterocycles. The van der Waals surface area contributed by atoms with E-state index in [0.29, 0.717) is 5.56 Å². The van der Waals surface area contributed by atoms with Crippen LogP contribution in [0.1, 0.15) is 127 Å². The molecule has 5 aliphatic rings. The van der Waals surface area contributed by atoms with E-state index < -0.39 is 136 Å². The number of fused-ring (bicyclic) bond motifs is 5. The van der Waals surface area contributed by atoms with Crippen molar-refractivity contribution in [2.24, 2.45) is 22.7 Å². The van der Waals surface area contributed by atoms with Gasteiger partial charge in [-0.25, -0.2) is 9.59 Å². The molecular formula is C57H68N2O16. The molecule has 1 amide bonds. The molecule has 3 aromatic carbocycles. The van der Waals surface area contributed by atoms with E-state index >= 15 is 4.79 Å². The number of hydroxylamine groups is 2. The topological polar surface area (TPSA) is 251 Å². The van der Waals surface area contributed by atoms with Crippen LogP contribution in [-0.4, -0.2) is 127 Å². The molecule has 2 aliphatic heterocycles. The van der Waals surface area contributed by atoms with Crippen molar-refractivity contribution in [3.8, 4) is 0 Å². The second-order valence-corrected chi connectivity index (χ2v) is 22.8. The molecule has 75 heavy (non-hydrogen) atoms. The van der Waals surface area contributed by atoms with Crippen LogP contribution in [0.25, 0.3) is 0 Å². The molecule has 3 aliphatic carbocycles. The molecule has 2 saturated carbocycles. The summed E-state index contributed by atoms with van der Waals surface area (Å²) < 4.78 is 31.7. The number of nitrogens with one attached hydrogen (secondary N) is 1. The molecule has 2 saturated heterocycles.